The first-order valence-corrected chi connectivity index (χ1v) is 4.09. The molecule has 1 saturated carbocycles. The molecular formula is C8H15NO3. The lowest BCUT2D eigenvalue weighted by atomic mass is 10.3. The molecule has 1 aliphatic rings. The third-order valence-electron chi connectivity index (χ3n) is 1.57. The fourth-order valence-corrected chi connectivity index (χ4v) is 0.854. The van der Waals surface area contributed by atoms with Crippen LogP contribution in [0.1, 0.15) is 33.6 Å². The van der Waals surface area contributed by atoms with E-state index in [1.807, 2.05) is 13.8 Å². The summed E-state index contributed by atoms with van der Waals surface area (Å²) in [7, 11) is 0. The molecule has 12 heavy (non-hydrogen) atoms. The van der Waals surface area contributed by atoms with Crippen LogP contribution in [0.3, 0.4) is 0 Å². The maximum Gasteiger partial charge on any atom is 0.329 e. The van der Waals surface area contributed by atoms with Crippen LogP contribution in [-0.2, 0) is 9.59 Å². The van der Waals surface area contributed by atoms with Gasteiger partial charge in [0.05, 0.1) is 0 Å². The number of carboxylic acids is 1. The van der Waals surface area contributed by atoms with Crippen LogP contribution in [0.2, 0.25) is 0 Å². The molecule has 0 aromatic carbocycles. The monoisotopic (exact) mass is 173 g/mol. The molecule has 0 aromatic rings. The number of aliphatic carboxylic acids is 1. The number of hydrogen-bond acceptors (Lipinski definition) is 2. The number of carbonyl (C=O) groups excluding carboxylic acids is 1. The Balaban J connectivity index is 0.000000561. The van der Waals surface area contributed by atoms with Crippen LogP contribution in [0.4, 0.5) is 0 Å². The van der Waals surface area contributed by atoms with Gasteiger partial charge in [0.15, 0.2) is 0 Å². The van der Waals surface area contributed by atoms with Crippen molar-refractivity contribution >= 4 is 11.9 Å². The molecule has 0 bridgehead atoms. The van der Waals surface area contributed by atoms with Gasteiger partial charge in [-0.25, -0.2) is 4.79 Å². The fourth-order valence-electron chi connectivity index (χ4n) is 0.854. The lowest BCUT2D eigenvalue weighted by molar-refractivity contribution is -0.142. The summed E-state index contributed by atoms with van der Waals surface area (Å²) in [5.74, 6) is -1.21. The zero-order valence-electron chi connectivity index (χ0n) is 7.68. The van der Waals surface area contributed by atoms with Crippen molar-refractivity contribution in [3.8, 4) is 0 Å². The SMILES string of the molecule is CC.CC(=O)NC1(C(=O)O)CC1. The summed E-state index contributed by atoms with van der Waals surface area (Å²) >= 11 is 0. The maximum absolute atomic E-state index is 10.4. The predicted octanol–water partition coefficient (Wildman–Crippen LogP) is 0.766. The molecule has 0 aliphatic heterocycles. The molecule has 1 amide bonds. The van der Waals surface area contributed by atoms with E-state index in [-0.39, 0.29) is 5.91 Å². The number of nitrogens with one attached hydrogen (secondary N) is 1. The molecular weight excluding hydrogens is 158 g/mol. The highest BCUT2D eigenvalue weighted by atomic mass is 16.4. The van der Waals surface area contributed by atoms with E-state index in [9.17, 15) is 9.59 Å². The van der Waals surface area contributed by atoms with E-state index >= 15 is 0 Å². The highest BCUT2D eigenvalue weighted by molar-refractivity contribution is 5.88. The van der Waals surface area contributed by atoms with Gasteiger partial charge >= 0.3 is 5.97 Å². The minimum Gasteiger partial charge on any atom is -0.480 e. The van der Waals surface area contributed by atoms with Gasteiger partial charge in [-0.1, -0.05) is 13.8 Å². The number of rotatable bonds is 2. The van der Waals surface area contributed by atoms with Crippen LogP contribution < -0.4 is 5.32 Å². The van der Waals surface area contributed by atoms with Crippen molar-refractivity contribution in [2.24, 2.45) is 0 Å². The summed E-state index contributed by atoms with van der Waals surface area (Å²) in [4.78, 5) is 20.8. The average molecular weight is 173 g/mol. The van der Waals surface area contributed by atoms with E-state index in [0.29, 0.717) is 12.8 Å². The molecule has 2 N–H and O–H groups in total. The second kappa shape index (κ2) is 4.09. The molecule has 70 valence electrons. The third-order valence-corrected chi connectivity index (χ3v) is 1.57. The Kier molecular flexibility index (Phi) is 3.73. The minimum atomic E-state index is -0.928. The van der Waals surface area contributed by atoms with Gasteiger partial charge in [0.1, 0.15) is 5.54 Å². The molecule has 1 rings (SSSR count). The Morgan fingerprint density at radius 3 is 1.83 bits per heavy atom. The number of hydrogen-bond donors (Lipinski definition) is 2. The molecule has 0 unspecified atom stereocenters. The quantitative estimate of drug-likeness (QED) is 0.648. The molecule has 0 saturated heterocycles. The van der Waals surface area contributed by atoms with Crippen molar-refractivity contribution in [3.63, 3.8) is 0 Å². The van der Waals surface area contributed by atoms with E-state index in [2.05, 4.69) is 5.32 Å². The summed E-state index contributed by atoms with van der Waals surface area (Å²) in [5, 5.41) is 10.9. The number of carbonyl (C=O) groups is 2. The second-order valence-electron chi connectivity index (χ2n) is 2.57. The first-order valence-electron chi connectivity index (χ1n) is 4.09. The molecule has 0 heterocycles. The van der Waals surface area contributed by atoms with Crippen LogP contribution in [0, 0.1) is 0 Å². The van der Waals surface area contributed by atoms with Crippen molar-refractivity contribution in [2.75, 3.05) is 0 Å². The van der Waals surface area contributed by atoms with Gasteiger partial charge in [0.25, 0.3) is 0 Å². The van der Waals surface area contributed by atoms with Gasteiger partial charge in [-0.05, 0) is 12.8 Å². The van der Waals surface area contributed by atoms with Crippen LogP contribution in [0.5, 0.6) is 0 Å². The molecule has 4 heteroatoms. The Hall–Kier alpha value is -1.06. The topological polar surface area (TPSA) is 66.4 Å². The highest BCUT2D eigenvalue weighted by Crippen LogP contribution is 2.35. The lowest BCUT2D eigenvalue weighted by Gasteiger charge is -2.08. The number of amides is 1. The molecule has 0 spiro atoms. The lowest BCUT2D eigenvalue weighted by Crippen LogP contribution is -2.41. The molecule has 4 nitrogen and oxygen atoms in total. The predicted molar refractivity (Wildman–Crippen MR) is 44.8 cm³/mol. The van der Waals surface area contributed by atoms with Crippen molar-refractivity contribution in [1.82, 2.24) is 5.32 Å². The van der Waals surface area contributed by atoms with E-state index in [1.54, 1.807) is 0 Å². The maximum atomic E-state index is 10.4. The van der Waals surface area contributed by atoms with Gasteiger partial charge in [0.2, 0.25) is 5.91 Å². The van der Waals surface area contributed by atoms with Gasteiger partial charge in [-0.2, -0.15) is 0 Å². The van der Waals surface area contributed by atoms with E-state index in [1.165, 1.54) is 6.92 Å². The van der Waals surface area contributed by atoms with Gasteiger partial charge in [-0.15, -0.1) is 0 Å². The molecule has 0 atom stereocenters. The average Bonchev–Trinajstić information content (AvgIpc) is 2.72. The van der Waals surface area contributed by atoms with E-state index < -0.39 is 11.5 Å². The number of carboxylic acid groups (broad SMARTS) is 1. The fraction of sp³-hybridized carbons (Fsp3) is 0.750. The smallest absolute Gasteiger partial charge is 0.329 e. The van der Waals surface area contributed by atoms with Gasteiger partial charge in [-0.3, -0.25) is 4.79 Å². The van der Waals surface area contributed by atoms with Crippen LogP contribution in [0.25, 0.3) is 0 Å². The summed E-state index contributed by atoms with van der Waals surface area (Å²) in [6.45, 7) is 5.32. The zero-order chi connectivity index (χ0) is 9.78. The largest absolute Gasteiger partial charge is 0.480 e. The Morgan fingerprint density at radius 1 is 1.33 bits per heavy atom. The van der Waals surface area contributed by atoms with Crippen LogP contribution in [0.15, 0.2) is 0 Å². The Bertz CT molecular complexity index is 185. The van der Waals surface area contributed by atoms with E-state index in [4.69, 9.17) is 5.11 Å². The summed E-state index contributed by atoms with van der Waals surface area (Å²) < 4.78 is 0. The van der Waals surface area contributed by atoms with Crippen LogP contribution >= 0.6 is 0 Å². The Labute approximate surface area is 72.0 Å². The van der Waals surface area contributed by atoms with Crippen molar-refractivity contribution < 1.29 is 14.7 Å². The van der Waals surface area contributed by atoms with Crippen molar-refractivity contribution in [1.29, 1.82) is 0 Å². The standard InChI is InChI=1S/C6H9NO3.C2H6/c1-4(8)7-6(2-3-6)5(9)10;1-2/h2-3H2,1H3,(H,7,8)(H,9,10);1-2H3. The molecule has 1 aliphatic carbocycles. The minimum absolute atomic E-state index is 0.278. The summed E-state index contributed by atoms with van der Waals surface area (Å²) in [6, 6.07) is 0. The zero-order valence-corrected chi connectivity index (χ0v) is 7.68. The normalized spacial score (nSPS) is 16.9. The third kappa shape index (κ3) is 2.53. The molecule has 0 radical (unpaired) electrons. The van der Waals surface area contributed by atoms with Gasteiger partial charge in [0, 0.05) is 6.92 Å². The van der Waals surface area contributed by atoms with E-state index in [0.717, 1.165) is 0 Å². The highest BCUT2D eigenvalue weighted by Gasteiger charge is 2.51. The first kappa shape index (κ1) is 10.9. The molecule has 1 fully saturated rings. The van der Waals surface area contributed by atoms with Crippen LogP contribution in [-0.4, -0.2) is 22.5 Å². The summed E-state index contributed by atoms with van der Waals surface area (Å²) in [5.41, 5.74) is -0.911. The first-order chi connectivity index (χ1) is 5.57. The summed E-state index contributed by atoms with van der Waals surface area (Å²) in [6.07, 6.45) is 1.11. The van der Waals surface area contributed by atoms with Gasteiger partial charge < -0.3 is 10.4 Å². The van der Waals surface area contributed by atoms with Crippen molar-refractivity contribution in [3.05, 3.63) is 0 Å². The molecule has 0 aromatic heterocycles. The second-order valence-corrected chi connectivity index (χ2v) is 2.57. The van der Waals surface area contributed by atoms with Crippen molar-refractivity contribution in [2.45, 2.75) is 39.2 Å². The Morgan fingerprint density at radius 2 is 1.75 bits per heavy atom.